The van der Waals surface area contributed by atoms with E-state index in [1.54, 1.807) is 4.90 Å². The topological polar surface area (TPSA) is 93.3 Å². The molecular weight excluding hydrogens is 449 g/mol. The smallest absolute Gasteiger partial charge is 0.243 e. The maximum Gasteiger partial charge on any atom is 0.243 e. The van der Waals surface area contributed by atoms with Crippen molar-refractivity contribution in [1.29, 1.82) is 0 Å². The van der Waals surface area contributed by atoms with E-state index in [1.807, 2.05) is 0 Å². The van der Waals surface area contributed by atoms with Gasteiger partial charge in [0.2, 0.25) is 21.8 Å². The van der Waals surface area contributed by atoms with E-state index in [2.05, 4.69) is 22.0 Å². The SMILES string of the molecule is CCCCNC(=O)CN1CCN(CC(=O)N2CCN(S(=O)(=O)c3cccc(F)c3)CC2)CC1. The Morgan fingerprint density at radius 1 is 0.970 bits per heavy atom. The van der Waals surface area contributed by atoms with Crippen LogP contribution in [0, 0.1) is 5.82 Å². The van der Waals surface area contributed by atoms with Gasteiger partial charge in [-0.2, -0.15) is 4.31 Å². The highest BCUT2D eigenvalue weighted by atomic mass is 32.2. The molecule has 2 aliphatic heterocycles. The molecule has 2 amide bonds. The minimum atomic E-state index is -3.78. The van der Waals surface area contributed by atoms with Crippen molar-refractivity contribution in [3.05, 3.63) is 30.1 Å². The van der Waals surface area contributed by atoms with Crippen LogP contribution < -0.4 is 5.32 Å². The van der Waals surface area contributed by atoms with Gasteiger partial charge in [-0.05, 0) is 24.6 Å². The molecule has 11 heteroatoms. The number of hydrogen-bond acceptors (Lipinski definition) is 6. The second-order valence-corrected chi connectivity index (χ2v) is 10.4. The molecule has 0 saturated carbocycles. The predicted octanol–water partition coefficient (Wildman–Crippen LogP) is 0.193. The number of piperazine rings is 2. The van der Waals surface area contributed by atoms with E-state index in [0.717, 1.165) is 32.0 Å². The molecule has 0 aliphatic carbocycles. The Morgan fingerprint density at radius 2 is 1.61 bits per heavy atom. The first kappa shape index (κ1) is 25.5. The summed E-state index contributed by atoms with van der Waals surface area (Å²) in [6, 6.07) is 4.98. The number of unbranched alkanes of at least 4 members (excludes halogenated alkanes) is 1. The lowest BCUT2D eigenvalue weighted by Crippen LogP contribution is -2.55. The number of hydrogen-bond donors (Lipinski definition) is 1. The van der Waals surface area contributed by atoms with Crippen LogP contribution in [0.1, 0.15) is 19.8 Å². The Hall–Kier alpha value is -2.08. The number of halogens is 1. The van der Waals surface area contributed by atoms with Gasteiger partial charge in [0.15, 0.2) is 0 Å². The number of rotatable bonds is 9. The van der Waals surface area contributed by atoms with Crippen LogP contribution in [0.4, 0.5) is 4.39 Å². The van der Waals surface area contributed by atoms with Crippen molar-refractivity contribution in [2.45, 2.75) is 24.7 Å². The fourth-order valence-electron chi connectivity index (χ4n) is 4.01. The Kier molecular flexibility index (Phi) is 9.19. The summed E-state index contributed by atoms with van der Waals surface area (Å²) in [5, 5.41) is 2.92. The highest BCUT2D eigenvalue weighted by Gasteiger charge is 2.31. The molecule has 0 radical (unpaired) electrons. The van der Waals surface area contributed by atoms with E-state index in [-0.39, 0.29) is 36.3 Å². The second-order valence-electron chi connectivity index (χ2n) is 8.50. The zero-order chi connectivity index (χ0) is 23.8. The van der Waals surface area contributed by atoms with Gasteiger partial charge < -0.3 is 10.2 Å². The predicted molar refractivity (Wildman–Crippen MR) is 123 cm³/mol. The average molecular weight is 484 g/mol. The molecule has 2 saturated heterocycles. The number of carbonyl (C=O) groups excluding carboxylic acids is 2. The van der Waals surface area contributed by atoms with E-state index in [9.17, 15) is 22.4 Å². The van der Waals surface area contributed by atoms with Crippen LogP contribution in [-0.2, 0) is 19.6 Å². The van der Waals surface area contributed by atoms with Gasteiger partial charge in [0.05, 0.1) is 18.0 Å². The second kappa shape index (κ2) is 11.9. The van der Waals surface area contributed by atoms with Gasteiger partial charge in [-0.3, -0.25) is 19.4 Å². The lowest BCUT2D eigenvalue weighted by Gasteiger charge is -2.37. The van der Waals surface area contributed by atoms with Gasteiger partial charge in [0, 0.05) is 58.9 Å². The first-order valence-electron chi connectivity index (χ1n) is 11.5. The normalized spacial score (nSPS) is 18.9. The fourth-order valence-corrected chi connectivity index (χ4v) is 5.47. The number of nitrogens with zero attached hydrogens (tertiary/aromatic N) is 4. The number of nitrogens with one attached hydrogen (secondary N) is 1. The van der Waals surface area contributed by atoms with Gasteiger partial charge in [-0.15, -0.1) is 0 Å². The highest BCUT2D eigenvalue weighted by molar-refractivity contribution is 7.89. The van der Waals surface area contributed by atoms with Crippen LogP contribution in [0.2, 0.25) is 0 Å². The van der Waals surface area contributed by atoms with Crippen LogP contribution in [0.25, 0.3) is 0 Å². The van der Waals surface area contributed by atoms with Crippen molar-refractivity contribution < 1.29 is 22.4 Å². The molecule has 184 valence electrons. The van der Waals surface area contributed by atoms with E-state index < -0.39 is 15.8 Å². The van der Waals surface area contributed by atoms with Crippen LogP contribution >= 0.6 is 0 Å². The average Bonchev–Trinajstić information content (AvgIpc) is 2.80. The number of amides is 2. The summed E-state index contributed by atoms with van der Waals surface area (Å²) in [5.41, 5.74) is 0. The third kappa shape index (κ3) is 7.20. The monoisotopic (exact) mass is 483 g/mol. The van der Waals surface area contributed by atoms with E-state index in [1.165, 1.54) is 22.5 Å². The molecule has 33 heavy (non-hydrogen) atoms. The molecular formula is C22H34FN5O4S. The molecule has 2 aliphatic rings. The molecule has 2 fully saturated rings. The van der Waals surface area contributed by atoms with Gasteiger partial charge >= 0.3 is 0 Å². The lowest BCUT2D eigenvalue weighted by molar-refractivity contribution is -0.134. The van der Waals surface area contributed by atoms with Crippen LogP contribution in [-0.4, -0.2) is 111 Å². The minimum Gasteiger partial charge on any atom is -0.355 e. The van der Waals surface area contributed by atoms with Crippen LogP contribution in [0.5, 0.6) is 0 Å². The van der Waals surface area contributed by atoms with E-state index in [4.69, 9.17) is 0 Å². The standard InChI is InChI=1S/C22H34FN5O4S/c1-2-3-7-24-21(29)17-25-8-10-26(11-9-25)18-22(30)27-12-14-28(15-13-27)33(31,32)20-6-4-5-19(23)16-20/h4-6,16H,2-3,7-15,17-18H2,1H3,(H,24,29). The van der Waals surface area contributed by atoms with Crippen LogP contribution in [0.15, 0.2) is 29.2 Å². The Balaban J connectivity index is 1.40. The molecule has 0 unspecified atom stereocenters. The van der Waals surface area contributed by atoms with Crippen molar-refractivity contribution in [2.24, 2.45) is 0 Å². The summed E-state index contributed by atoms with van der Waals surface area (Å²) < 4.78 is 40.2. The number of carbonyl (C=O) groups is 2. The minimum absolute atomic E-state index is 0.0245. The first-order chi connectivity index (χ1) is 15.8. The summed E-state index contributed by atoms with van der Waals surface area (Å²) in [5.74, 6) is -0.579. The van der Waals surface area contributed by atoms with Gasteiger partial charge in [-0.25, -0.2) is 12.8 Å². The molecule has 0 spiro atoms. The number of sulfonamides is 1. The zero-order valence-electron chi connectivity index (χ0n) is 19.2. The van der Waals surface area contributed by atoms with Crippen molar-refractivity contribution >= 4 is 21.8 Å². The Morgan fingerprint density at radius 3 is 2.21 bits per heavy atom. The largest absolute Gasteiger partial charge is 0.355 e. The van der Waals surface area contributed by atoms with Gasteiger partial charge in [0.25, 0.3) is 0 Å². The highest BCUT2D eigenvalue weighted by Crippen LogP contribution is 2.18. The fraction of sp³-hybridized carbons (Fsp3) is 0.636. The molecule has 0 aromatic heterocycles. The molecule has 1 aromatic carbocycles. The molecule has 0 atom stereocenters. The maximum absolute atomic E-state index is 13.4. The summed E-state index contributed by atoms with van der Waals surface area (Å²) >= 11 is 0. The molecule has 9 nitrogen and oxygen atoms in total. The van der Waals surface area contributed by atoms with E-state index >= 15 is 0 Å². The molecule has 0 bridgehead atoms. The number of benzene rings is 1. The molecule has 2 heterocycles. The van der Waals surface area contributed by atoms with Crippen molar-refractivity contribution in [2.75, 3.05) is 72.0 Å². The lowest BCUT2D eigenvalue weighted by atomic mass is 10.2. The van der Waals surface area contributed by atoms with Gasteiger partial charge in [-0.1, -0.05) is 19.4 Å². The quantitative estimate of drug-likeness (QED) is 0.504. The van der Waals surface area contributed by atoms with Crippen LogP contribution in [0.3, 0.4) is 0 Å². The van der Waals surface area contributed by atoms with Crippen molar-refractivity contribution in [3.8, 4) is 0 Å². The van der Waals surface area contributed by atoms with Crippen molar-refractivity contribution in [3.63, 3.8) is 0 Å². The third-order valence-electron chi connectivity index (χ3n) is 6.07. The zero-order valence-corrected chi connectivity index (χ0v) is 20.0. The summed E-state index contributed by atoms with van der Waals surface area (Å²) in [4.78, 5) is 30.5. The molecule has 1 aromatic rings. The maximum atomic E-state index is 13.4. The van der Waals surface area contributed by atoms with Gasteiger partial charge in [0.1, 0.15) is 5.82 Å². The summed E-state index contributed by atoms with van der Waals surface area (Å²) in [6.07, 6.45) is 2.03. The van der Waals surface area contributed by atoms with E-state index in [0.29, 0.717) is 39.3 Å². The molecule has 1 N–H and O–H groups in total. The molecule has 3 rings (SSSR count). The summed E-state index contributed by atoms with van der Waals surface area (Å²) in [6.45, 7) is 7.34. The van der Waals surface area contributed by atoms with Crippen molar-refractivity contribution in [1.82, 2.24) is 24.3 Å². The Labute approximate surface area is 195 Å². The Bertz CT molecular complexity index is 913. The summed E-state index contributed by atoms with van der Waals surface area (Å²) in [7, 11) is -3.78. The third-order valence-corrected chi connectivity index (χ3v) is 7.96. The first-order valence-corrected chi connectivity index (χ1v) is 13.0.